The van der Waals surface area contributed by atoms with Crippen LogP contribution in [0.4, 0.5) is 0 Å². The normalized spacial score (nSPS) is 9.55. The Morgan fingerprint density at radius 1 is 1.55 bits per heavy atom. The zero-order chi connectivity index (χ0) is 8.43. The Morgan fingerprint density at radius 3 is 2.64 bits per heavy atom. The number of nitrogens with two attached hydrogens (primary N) is 1. The van der Waals surface area contributed by atoms with Crippen LogP contribution in [-0.4, -0.2) is 7.85 Å². The maximum atomic E-state index is 5.54. The van der Waals surface area contributed by atoms with E-state index in [-0.39, 0.29) is 0 Å². The topological polar surface area (TPSA) is 26.0 Å². The highest BCUT2D eigenvalue weighted by molar-refractivity contribution is 6.33. The second-order valence-corrected chi connectivity index (χ2v) is 2.82. The molecule has 1 rings (SSSR count). The van der Waals surface area contributed by atoms with Gasteiger partial charge in [-0.25, -0.2) is 0 Å². The molecule has 11 heavy (non-hydrogen) atoms. The van der Waals surface area contributed by atoms with Crippen molar-refractivity contribution in [2.45, 2.75) is 6.92 Å². The zero-order valence-electron chi connectivity index (χ0n) is 7.02. The molecule has 0 saturated heterocycles. The molecule has 2 N–H and O–H groups in total. The van der Waals surface area contributed by atoms with Crippen molar-refractivity contribution in [3.63, 3.8) is 0 Å². The Balaban J connectivity index is 3.15. The van der Waals surface area contributed by atoms with E-state index in [0.717, 1.165) is 5.56 Å². The molecule has 0 spiro atoms. The number of hydrogen-bond donors (Lipinski definition) is 1. The van der Waals surface area contributed by atoms with Crippen LogP contribution in [0.2, 0.25) is 0 Å². The van der Waals surface area contributed by atoms with Gasteiger partial charge < -0.3 is 5.73 Å². The summed E-state index contributed by atoms with van der Waals surface area (Å²) in [5.41, 5.74) is 9.74. The molecule has 0 atom stereocenters. The van der Waals surface area contributed by atoms with Crippen LogP contribution in [0.5, 0.6) is 0 Å². The molecule has 56 valence electrons. The van der Waals surface area contributed by atoms with Crippen LogP contribution in [0, 0.1) is 6.92 Å². The van der Waals surface area contributed by atoms with Crippen LogP contribution < -0.4 is 11.2 Å². The van der Waals surface area contributed by atoms with Crippen molar-refractivity contribution in [3.8, 4) is 0 Å². The largest absolute Gasteiger partial charge is 0.399 e. The highest BCUT2D eigenvalue weighted by atomic mass is 14.6. The Bertz CT molecular complexity index is 292. The highest BCUT2D eigenvalue weighted by Gasteiger charge is 1.95. The van der Waals surface area contributed by atoms with Crippen molar-refractivity contribution in [2.75, 3.05) is 0 Å². The van der Waals surface area contributed by atoms with Crippen molar-refractivity contribution in [1.29, 1.82) is 0 Å². The number of rotatable bonds is 1. The Hall–Kier alpha value is -1.18. The van der Waals surface area contributed by atoms with Crippen molar-refractivity contribution in [1.82, 2.24) is 0 Å². The fourth-order valence-electron chi connectivity index (χ4n) is 0.941. The van der Waals surface area contributed by atoms with Gasteiger partial charge in [0.25, 0.3) is 0 Å². The van der Waals surface area contributed by atoms with E-state index >= 15 is 0 Å². The van der Waals surface area contributed by atoms with Crippen LogP contribution in [-0.2, 0) is 0 Å². The fourth-order valence-corrected chi connectivity index (χ4v) is 0.941. The van der Waals surface area contributed by atoms with Gasteiger partial charge in [0.2, 0.25) is 0 Å². The minimum atomic E-state index is 0.633. The molecule has 0 aromatic heterocycles. The third-order valence-electron chi connectivity index (χ3n) is 1.88. The predicted octanol–water partition coefficient (Wildman–Crippen LogP) is 0.183. The molecular formula is C9H12BN. The van der Waals surface area contributed by atoms with Gasteiger partial charge in [0.1, 0.15) is 7.85 Å². The summed E-state index contributed by atoms with van der Waals surface area (Å²) >= 11 is 0. The third-order valence-corrected chi connectivity index (χ3v) is 1.88. The molecule has 1 aromatic carbocycles. The lowest BCUT2D eigenvalue weighted by Crippen LogP contribution is -2.07. The van der Waals surface area contributed by atoms with Gasteiger partial charge >= 0.3 is 0 Å². The second kappa shape index (κ2) is 2.83. The van der Waals surface area contributed by atoms with E-state index in [1.54, 1.807) is 0 Å². The standard InChI is InChI=1S/C9H12BN/c1-6-5-8(7(2)11)3-4-9(6)10/h3-5H,2,10-11H2,1H3. The van der Waals surface area contributed by atoms with Gasteiger partial charge in [-0.3, -0.25) is 0 Å². The highest BCUT2D eigenvalue weighted by Crippen LogP contribution is 2.06. The van der Waals surface area contributed by atoms with Crippen LogP contribution >= 0.6 is 0 Å². The lowest BCUT2D eigenvalue weighted by Gasteiger charge is -2.03. The van der Waals surface area contributed by atoms with E-state index in [1.807, 2.05) is 6.07 Å². The van der Waals surface area contributed by atoms with Crippen LogP contribution in [0.3, 0.4) is 0 Å². The Kier molecular flexibility index (Phi) is 2.04. The van der Waals surface area contributed by atoms with Gasteiger partial charge in [-0.15, -0.1) is 0 Å². The monoisotopic (exact) mass is 145 g/mol. The van der Waals surface area contributed by atoms with E-state index < -0.39 is 0 Å². The Morgan fingerprint density at radius 2 is 2.18 bits per heavy atom. The average Bonchev–Trinajstić information content (AvgIpc) is 1.94. The minimum Gasteiger partial charge on any atom is -0.399 e. The maximum Gasteiger partial charge on any atom is 0.139 e. The fraction of sp³-hybridized carbons (Fsp3) is 0.111. The molecule has 0 aliphatic heterocycles. The van der Waals surface area contributed by atoms with Crippen LogP contribution in [0.1, 0.15) is 11.1 Å². The van der Waals surface area contributed by atoms with Crippen molar-refractivity contribution >= 4 is 19.0 Å². The zero-order valence-corrected chi connectivity index (χ0v) is 7.02. The van der Waals surface area contributed by atoms with E-state index in [9.17, 15) is 0 Å². The molecule has 0 unspecified atom stereocenters. The van der Waals surface area contributed by atoms with Crippen LogP contribution in [0.25, 0.3) is 5.70 Å². The molecule has 0 aliphatic rings. The first-order chi connectivity index (χ1) is 5.11. The maximum absolute atomic E-state index is 5.54. The summed E-state index contributed by atoms with van der Waals surface area (Å²) in [6, 6.07) is 6.10. The second-order valence-electron chi connectivity index (χ2n) is 2.82. The summed E-state index contributed by atoms with van der Waals surface area (Å²) in [5, 5.41) is 0. The van der Waals surface area contributed by atoms with Gasteiger partial charge in [-0.05, 0) is 12.5 Å². The molecular weight excluding hydrogens is 133 g/mol. The smallest absolute Gasteiger partial charge is 0.139 e. The van der Waals surface area contributed by atoms with Crippen LogP contribution in [0.15, 0.2) is 24.8 Å². The van der Waals surface area contributed by atoms with Gasteiger partial charge in [0.05, 0.1) is 0 Å². The molecule has 1 nitrogen and oxygen atoms in total. The summed E-state index contributed by atoms with van der Waals surface area (Å²) in [4.78, 5) is 0. The first kappa shape index (κ1) is 7.93. The van der Waals surface area contributed by atoms with Gasteiger partial charge in [-0.2, -0.15) is 0 Å². The van der Waals surface area contributed by atoms with E-state index in [1.165, 1.54) is 11.0 Å². The van der Waals surface area contributed by atoms with Gasteiger partial charge in [-0.1, -0.05) is 35.8 Å². The molecule has 0 fully saturated rings. The summed E-state index contributed by atoms with van der Waals surface area (Å²) in [6.45, 7) is 5.75. The first-order valence-corrected chi connectivity index (χ1v) is 3.63. The summed E-state index contributed by atoms with van der Waals surface area (Å²) in [7, 11) is 2.08. The molecule has 0 bridgehead atoms. The summed E-state index contributed by atoms with van der Waals surface area (Å²) < 4.78 is 0. The molecule has 0 radical (unpaired) electrons. The Labute approximate surface area is 68.3 Å². The molecule has 0 aliphatic carbocycles. The minimum absolute atomic E-state index is 0.633. The van der Waals surface area contributed by atoms with Crippen molar-refractivity contribution in [2.24, 2.45) is 5.73 Å². The summed E-state index contributed by atoms with van der Waals surface area (Å²) in [5.74, 6) is 0. The molecule has 0 saturated carbocycles. The summed E-state index contributed by atoms with van der Waals surface area (Å²) in [6.07, 6.45) is 0. The number of aryl methyl sites for hydroxylation is 1. The van der Waals surface area contributed by atoms with Gasteiger partial charge in [0, 0.05) is 5.70 Å². The lowest BCUT2D eigenvalue weighted by molar-refractivity contribution is 1.46. The molecule has 1 aromatic rings. The number of benzene rings is 1. The first-order valence-electron chi connectivity index (χ1n) is 3.63. The van der Waals surface area contributed by atoms with Crippen molar-refractivity contribution < 1.29 is 0 Å². The average molecular weight is 145 g/mol. The lowest BCUT2D eigenvalue weighted by atomic mass is 9.90. The quantitative estimate of drug-likeness (QED) is 0.560. The van der Waals surface area contributed by atoms with E-state index in [4.69, 9.17) is 5.73 Å². The van der Waals surface area contributed by atoms with E-state index in [2.05, 4.69) is 33.5 Å². The molecule has 2 heteroatoms. The third kappa shape index (κ3) is 1.64. The SMILES string of the molecule is Bc1ccc(C(=C)N)cc1C. The van der Waals surface area contributed by atoms with Crippen molar-refractivity contribution in [3.05, 3.63) is 35.9 Å². The van der Waals surface area contributed by atoms with Gasteiger partial charge in [0.15, 0.2) is 0 Å². The molecule has 0 amide bonds. The number of hydrogen-bond acceptors (Lipinski definition) is 1. The van der Waals surface area contributed by atoms with E-state index in [0.29, 0.717) is 5.70 Å². The predicted molar refractivity (Wildman–Crippen MR) is 52.6 cm³/mol. The molecule has 0 heterocycles.